The fourth-order valence-corrected chi connectivity index (χ4v) is 5.57. The van der Waals surface area contributed by atoms with Crippen molar-refractivity contribution in [3.63, 3.8) is 0 Å². The van der Waals surface area contributed by atoms with E-state index in [0.29, 0.717) is 5.56 Å². The van der Waals surface area contributed by atoms with Gasteiger partial charge in [-0.3, -0.25) is 4.79 Å². The Morgan fingerprint density at radius 1 is 1.12 bits per heavy atom. The zero-order valence-electron chi connectivity index (χ0n) is 13.6. The minimum atomic E-state index is -3.87. The van der Waals surface area contributed by atoms with Crippen LogP contribution in [0, 0.1) is 16.7 Å². The third kappa shape index (κ3) is 2.61. The van der Waals surface area contributed by atoms with Crippen LogP contribution in [0.5, 0.6) is 0 Å². The average molecular weight is 355 g/mol. The predicted octanol–water partition coefficient (Wildman–Crippen LogP) is 2.70. The van der Waals surface area contributed by atoms with E-state index in [0.717, 1.165) is 0 Å². The number of nitriles is 1. The van der Waals surface area contributed by atoms with E-state index in [2.05, 4.69) is 0 Å². The maximum Gasteiger partial charge on any atom is 0.328 e. The zero-order chi connectivity index (χ0) is 18.1. The highest BCUT2D eigenvalue weighted by atomic mass is 32.2. The molecule has 5 nitrogen and oxygen atoms in total. The molecule has 2 aromatic carbocycles. The van der Waals surface area contributed by atoms with Gasteiger partial charge in [0.05, 0.1) is 17.6 Å². The third-order valence-corrected chi connectivity index (χ3v) is 6.74. The van der Waals surface area contributed by atoms with Gasteiger partial charge in [0, 0.05) is 5.92 Å². The second-order valence-electron chi connectivity index (χ2n) is 5.87. The van der Waals surface area contributed by atoms with Gasteiger partial charge >= 0.3 is 5.97 Å². The molecular formula is C19H17NO4S. The molecule has 0 N–H and O–H groups in total. The van der Waals surface area contributed by atoms with E-state index in [4.69, 9.17) is 4.74 Å². The molecule has 6 heteroatoms. The fraction of sp³-hybridized carbons (Fsp3) is 0.263. The molecule has 0 unspecified atom stereocenters. The summed E-state index contributed by atoms with van der Waals surface area (Å²) in [5, 5.41) is 8.59. The molecule has 1 aliphatic carbocycles. The van der Waals surface area contributed by atoms with Crippen molar-refractivity contribution in [2.45, 2.75) is 23.0 Å². The van der Waals surface area contributed by atoms with Crippen LogP contribution in [0.2, 0.25) is 0 Å². The highest BCUT2D eigenvalue weighted by Gasteiger charge is 2.77. The van der Waals surface area contributed by atoms with Crippen LogP contribution >= 0.6 is 0 Å². The van der Waals surface area contributed by atoms with Crippen LogP contribution in [0.15, 0.2) is 65.6 Å². The van der Waals surface area contributed by atoms with Gasteiger partial charge in [-0.25, -0.2) is 8.42 Å². The van der Waals surface area contributed by atoms with Crippen molar-refractivity contribution in [2.24, 2.45) is 5.41 Å². The Labute approximate surface area is 146 Å². The van der Waals surface area contributed by atoms with Crippen molar-refractivity contribution in [1.82, 2.24) is 0 Å². The van der Waals surface area contributed by atoms with Crippen molar-refractivity contribution in [3.8, 4) is 6.07 Å². The van der Waals surface area contributed by atoms with E-state index in [-0.39, 0.29) is 11.5 Å². The second kappa shape index (κ2) is 6.34. The van der Waals surface area contributed by atoms with Gasteiger partial charge in [0.15, 0.2) is 15.3 Å². The Morgan fingerprint density at radius 2 is 1.68 bits per heavy atom. The molecule has 0 spiro atoms. The molecule has 2 aromatic rings. The molecule has 25 heavy (non-hydrogen) atoms. The fourth-order valence-electron chi connectivity index (χ4n) is 3.31. The Balaban J connectivity index is 2.13. The normalized spacial score (nSPS) is 25.0. The van der Waals surface area contributed by atoms with Crippen LogP contribution < -0.4 is 0 Å². The summed E-state index contributed by atoms with van der Waals surface area (Å²) >= 11 is 0. The quantitative estimate of drug-likeness (QED) is 0.770. The molecule has 1 fully saturated rings. The first-order valence-electron chi connectivity index (χ1n) is 7.92. The number of nitrogens with zero attached hydrogens (tertiary/aromatic N) is 1. The molecule has 1 saturated carbocycles. The maximum absolute atomic E-state index is 13.1. The van der Waals surface area contributed by atoms with Crippen molar-refractivity contribution >= 4 is 15.8 Å². The molecule has 1 aliphatic rings. The van der Waals surface area contributed by atoms with E-state index in [9.17, 15) is 18.5 Å². The van der Waals surface area contributed by atoms with Gasteiger partial charge in [0.25, 0.3) is 0 Å². The van der Waals surface area contributed by atoms with Gasteiger partial charge in [-0.05, 0) is 24.6 Å². The van der Waals surface area contributed by atoms with Gasteiger partial charge in [-0.1, -0.05) is 48.5 Å². The number of benzene rings is 2. The molecule has 0 saturated heterocycles. The number of hydrogen-bond acceptors (Lipinski definition) is 5. The summed E-state index contributed by atoms with van der Waals surface area (Å²) in [6.07, 6.45) is 0. The van der Waals surface area contributed by atoms with E-state index in [1.54, 1.807) is 55.5 Å². The first-order valence-corrected chi connectivity index (χ1v) is 9.47. The number of carbonyl (C=O) groups is 1. The predicted molar refractivity (Wildman–Crippen MR) is 91.3 cm³/mol. The van der Waals surface area contributed by atoms with Crippen LogP contribution in [0.1, 0.15) is 18.4 Å². The van der Waals surface area contributed by atoms with Crippen LogP contribution in [0.4, 0.5) is 0 Å². The summed E-state index contributed by atoms with van der Waals surface area (Å²) in [5.74, 6) is -1.53. The Morgan fingerprint density at radius 3 is 2.20 bits per heavy atom. The molecule has 3 rings (SSSR count). The minimum Gasteiger partial charge on any atom is -0.465 e. The van der Waals surface area contributed by atoms with E-state index in [1.165, 1.54) is 12.1 Å². The largest absolute Gasteiger partial charge is 0.465 e. The van der Waals surface area contributed by atoms with Gasteiger partial charge in [-0.2, -0.15) is 5.26 Å². The van der Waals surface area contributed by atoms with E-state index >= 15 is 0 Å². The molecule has 0 aliphatic heterocycles. The van der Waals surface area contributed by atoms with Crippen molar-refractivity contribution < 1.29 is 17.9 Å². The molecule has 0 aromatic heterocycles. The summed E-state index contributed by atoms with van der Waals surface area (Å²) in [4.78, 5) is 12.6. The summed E-state index contributed by atoms with van der Waals surface area (Å²) in [6.45, 7) is 1.71. The number of hydrogen-bond donors (Lipinski definition) is 0. The van der Waals surface area contributed by atoms with Crippen molar-refractivity contribution in [2.75, 3.05) is 6.61 Å². The Kier molecular flexibility index (Phi) is 4.36. The monoisotopic (exact) mass is 355 g/mol. The number of carbonyl (C=O) groups excluding carboxylic acids is 1. The Hall–Kier alpha value is -2.65. The van der Waals surface area contributed by atoms with Crippen LogP contribution in [0.25, 0.3) is 0 Å². The summed E-state index contributed by atoms with van der Waals surface area (Å²) in [7, 11) is -3.87. The highest BCUT2D eigenvalue weighted by molar-refractivity contribution is 7.92. The molecule has 0 bridgehead atoms. The van der Waals surface area contributed by atoms with Crippen LogP contribution in [-0.2, 0) is 19.4 Å². The lowest BCUT2D eigenvalue weighted by Gasteiger charge is -2.09. The number of ether oxygens (including phenoxy) is 1. The SMILES string of the molecule is CCOC(=O)[C@@]1(C#N)[C@H](c2ccccc2)[C@@H]1S(=O)(=O)c1ccccc1. The minimum absolute atomic E-state index is 0.0852. The topological polar surface area (TPSA) is 84.2 Å². The molecule has 0 heterocycles. The lowest BCUT2D eigenvalue weighted by molar-refractivity contribution is -0.147. The molecular weight excluding hydrogens is 338 g/mol. The molecule has 0 amide bonds. The standard InChI is InChI=1S/C19H17NO4S/c1-2-24-18(21)19(13-20)16(14-9-5-3-6-10-14)17(19)25(22,23)15-11-7-4-8-12-15/h3-12,16-17H,2H2,1H3/t16-,17+,19+/m1/s1. The van der Waals surface area contributed by atoms with Crippen molar-refractivity contribution in [1.29, 1.82) is 5.26 Å². The van der Waals surface area contributed by atoms with E-state index in [1.807, 2.05) is 6.07 Å². The van der Waals surface area contributed by atoms with E-state index < -0.39 is 32.4 Å². The van der Waals surface area contributed by atoms with Gasteiger partial charge < -0.3 is 4.74 Å². The first-order chi connectivity index (χ1) is 12.0. The molecule has 0 radical (unpaired) electrons. The third-order valence-electron chi connectivity index (χ3n) is 4.50. The smallest absolute Gasteiger partial charge is 0.328 e. The van der Waals surface area contributed by atoms with Crippen molar-refractivity contribution in [3.05, 3.63) is 66.2 Å². The summed E-state index contributed by atoms with van der Waals surface area (Å²) < 4.78 is 31.3. The number of sulfone groups is 1. The zero-order valence-corrected chi connectivity index (χ0v) is 14.4. The average Bonchev–Trinajstić information content (AvgIpc) is 3.35. The second-order valence-corrected chi connectivity index (χ2v) is 7.94. The first kappa shape index (κ1) is 17.2. The Bertz CT molecular complexity index is 919. The number of esters is 1. The van der Waals surface area contributed by atoms with Gasteiger partial charge in [0.1, 0.15) is 5.25 Å². The van der Waals surface area contributed by atoms with Crippen LogP contribution in [0.3, 0.4) is 0 Å². The summed E-state index contributed by atoms with van der Waals surface area (Å²) in [5.41, 5.74) is -1.08. The molecule has 3 atom stereocenters. The molecule has 128 valence electrons. The van der Waals surface area contributed by atoms with Gasteiger partial charge in [0.2, 0.25) is 0 Å². The number of rotatable bonds is 5. The maximum atomic E-state index is 13.1. The summed E-state index contributed by atoms with van der Waals surface area (Å²) in [6, 6.07) is 18.6. The van der Waals surface area contributed by atoms with Crippen LogP contribution in [-0.4, -0.2) is 26.2 Å². The van der Waals surface area contributed by atoms with Gasteiger partial charge in [-0.15, -0.1) is 0 Å². The lowest BCUT2D eigenvalue weighted by atomic mass is 10.0. The lowest BCUT2D eigenvalue weighted by Crippen LogP contribution is -2.25. The highest BCUT2D eigenvalue weighted by Crippen LogP contribution is 2.64.